The van der Waals surface area contributed by atoms with Crippen LogP contribution in [0.3, 0.4) is 0 Å². The van der Waals surface area contributed by atoms with Gasteiger partial charge in [-0.1, -0.05) is 18.2 Å². The molecule has 6 heteroatoms. The summed E-state index contributed by atoms with van der Waals surface area (Å²) in [5.74, 6) is 1.82. The predicted molar refractivity (Wildman–Crippen MR) is 93.3 cm³/mol. The molecule has 0 atom stereocenters. The Kier molecular flexibility index (Phi) is 5.26. The molecule has 1 fully saturated rings. The normalized spacial score (nSPS) is 14.8. The zero-order chi connectivity index (χ0) is 15.9. The molecule has 1 aliphatic rings. The Balaban J connectivity index is 1.58. The first-order valence-corrected chi connectivity index (χ1v) is 7.96. The number of para-hydroxylation sites is 1. The number of ether oxygens (including phenoxy) is 1. The van der Waals surface area contributed by atoms with E-state index < -0.39 is 0 Å². The van der Waals surface area contributed by atoms with Gasteiger partial charge in [0.05, 0.1) is 6.61 Å². The van der Waals surface area contributed by atoms with E-state index in [1.165, 1.54) is 5.69 Å². The fraction of sp³-hybridized carbons (Fsp3) is 0.412. The summed E-state index contributed by atoms with van der Waals surface area (Å²) in [7, 11) is 1.69. The first kappa shape index (κ1) is 15.6. The molecule has 6 nitrogen and oxygen atoms in total. The van der Waals surface area contributed by atoms with Gasteiger partial charge in [0, 0.05) is 51.6 Å². The number of benzene rings is 1. The topological polar surface area (TPSA) is 53.5 Å². The number of methoxy groups -OCH3 is 1. The molecule has 0 amide bonds. The van der Waals surface area contributed by atoms with Crippen molar-refractivity contribution in [3.63, 3.8) is 0 Å². The van der Waals surface area contributed by atoms with Crippen molar-refractivity contribution in [2.45, 2.75) is 0 Å². The van der Waals surface area contributed by atoms with Crippen molar-refractivity contribution in [2.75, 3.05) is 61.6 Å². The average Bonchev–Trinajstić information content (AvgIpc) is 2.63. The minimum Gasteiger partial charge on any atom is -0.383 e. The second kappa shape index (κ2) is 7.78. The summed E-state index contributed by atoms with van der Waals surface area (Å²) in [6, 6.07) is 12.6. The molecule has 0 radical (unpaired) electrons. The third-order valence-corrected chi connectivity index (χ3v) is 3.99. The van der Waals surface area contributed by atoms with Gasteiger partial charge in [-0.25, -0.2) is 9.97 Å². The molecular weight excluding hydrogens is 290 g/mol. The summed E-state index contributed by atoms with van der Waals surface area (Å²) >= 11 is 0. The zero-order valence-corrected chi connectivity index (χ0v) is 13.5. The van der Waals surface area contributed by atoms with E-state index in [4.69, 9.17) is 4.74 Å². The number of rotatable bonds is 6. The molecule has 2 aromatic rings. The predicted octanol–water partition coefficient (Wildman–Crippen LogP) is 1.86. The van der Waals surface area contributed by atoms with Crippen molar-refractivity contribution in [1.29, 1.82) is 0 Å². The highest BCUT2D eigenvalue weighted by molar-refractivity contribution is 5.52. The lowest BCUT2D eigenvalue weighted by Crippen LogP contribution is -2.46. The summed E-state index contributed by atoms with van der Waals surface area (Å²) in [5, 5.41) is 3.25. The number of hydrogen-bond acceptors (Lipinski definition) is 6. The minimum absolute atomic E-state index is 0.662. The van der Waals surface area contributed by atoms with Crippen LogP contribution in [0.2, 0.25) is 0 Å². The first-order chi connectivity index (χ1) is 11.4. The highest BCUT2D eigenvalue weighted by atomic mass is 16.5. The summed E-state index contributed by atoms with van der Waals surface area (Å²) in [6.07, 6.45) is 1.62. The maximum atomic E-state index is 5.04. The largest absolute Gasteiger partial charge is 0.383 e. The van der Waals surface area contributed by atoms with Gasteiger partial charge in [-0.2, -0.15) is 0 Å². The van der Waals surface area contributed by atoms with E-state index in [9.17, 15) is 0 Å². The molecule has 0 bridgehead atoms. The Bertz CT molecular complexity index is 599. The lowest BCUT2D eigenvalue weighted by molar-refractivity contribution is 0.210. The van der Waals surface area contributed by atoms with E-state index in [0.717, 1.165) is 44.4 Å². The van der Waals surface area contributed by atoms with Crippen LogP contribution in [-0.4, -0.2) is 56.4 Å². The Morgan fingerprint density at radius 2 is 1.78 bits per heavy atom. The minimum atomic E-state index is 0.662. The van der Waals surface area contributed by atoms with Gasteiger partial charge in [0.1, 0.15) is 18.0 Å². The molecular formula is C17H23N5O. The maximum Gasteiger partial charge on any atom is 0.134 e. The van der Waals surface area contributed by atoms with Crippen LogP contribution in [0.25, 0.3) is 0 Å². The van der Waals surface area contributed by atoms with E-state index in [1.54, 1.807) is 13.4 Å². The van der Waals surface area contributed by atoms with Crippen LogP contribution in [-0.2, 0) is 4.74 Å². The number of piperazine rings is 1. The van der Waals surface area contributed by atoms with E-state index >= 15 is 0 Å². The van der Waals surface area contributed by atoms with E-state index in [0.29, 0.717) is 6.61 Å². The molecule has 0 saturated carbocycles. The van der Waals surface area contributed by atoms with E-state index in [-0.39, 0.29) is 0 Å². The molecule has 1 aromatic heterocycles. The van der Waals surface area contributed by atoms with Crippen LogP contribution >= 0.6 is 0 Å². The smallest absolute Gasteiger partial charge is 0.134 e. The van der Waals surface area contributed by atoms with Gasteiger partial charge in [0.25, 0.3) is 0 Å². The zero-order valence-electron chi connectivity index (χ0n) is 13.5. The van der Waals surface area contributed by atoms with Crippen LogP contribution in [0.4, 0.5) is 17.3 Å². The lowest BCUT2D eigenvalue weighted by atomic mass is 10.2. The van der Waals surface area contributed by atoms with Crippen molar-refractivity contribution >= 4 is 17.3 Å². The number of hydrogen-bond donors (Lipinski definition) is 1. The number of aromatic nitrogens is 2. The van der Waals surface area contributed by atoms with Gasteiger partial charge in [0.2, 0.25) is 0 Å². The van der Waals surface area contributed by atoms with Crippen molar-refractivity contribution < 1.29 is 4.74 Å². The molecule has 0 spiro atoms. The third-order valence-electron chi connectivity index (χ3n) is 3.99. The fourth-order valence-electron chi connectivity index (χ4n) is 2.73. The monoisotopic (exact) mass is 313 g/mol. The Labute approximate surface area is 137 Å². The Hall–Kier alpha value is -2.34. The van der Waals surface area contributed by atoms with E-state index in [1.807, 2.05) is 6.07 Å². The SMILES string of the molecule is COCCNc1cc(N2CCN(c3ccccc3)CC2)ncn1. The molecule has 1 N–H and O–H groups in total. The van der Waals surface area contributed by atoms with Gasteiger partial charge in [-0.05, 0) is 12.1 Å². The molecule has 1 saturated heterocycles. The van der Waals surface area contributed by atoms with Gasteiger partial charge in [-0.15, -0.1) is 0 Å². The first-order valence-electron chi connectivity index (χ1n) is 7.96. The van der Waals surface area contributed by atoms with Crippen molar-refractivity contribution in [3.05, 3.63) is 42.7 Å². The molecule has 1 aliphatic heterocycles. The van der Waals surface area contributed by atoms with Gasteiger partial charge >= 0.3 is 0 Å². The summed E-state index contributed by atoms with van der Waals surface area (Å²) in [5.41, 5.74) is 1.29. The molecule has 1 aromatic carbocycles. The highest BCUT2D eigenvalue weighted by Crippen LogP contribution is 2.19. The van der Waals surface area contributed by atoms with Gasteiger partial charge in [0.15, 0.2) is 0 Å². The molecule has 0 unspecified atom stereocenters. The van der Waals surface area contributed by atoms with Crippen LogP contribution in [0.15, 0.2) is 42.7 Å². The molecule has 2 heterocycles. The molecule has 0 aliphatic carbocycles. The highest BCUT2D eigenvalue weighted by Gasteiger charge is 2.18. The van der Waals surface area contributed by atoms with Crippen molar-refractivity contribution in [3.8, 4) is 0 Å². The molecule has 122 valence electrons. The van der Waals surface area contributed by atoms with Gasteiger partial charge < -0.3 is 19.9 Å². The number of nitrogens with zero attached hydrogens (tertiary/aromatic N) is 4. The van der Waals surface area contributed by atoms with Crippen LogP contribution < -0.4 is 15.1 Å². The quantitative estimate of drug-likeness (QED) is 0.822. The van der Waals surface area contributed by atoms with Crippen LogP contribution in [0.5, 0.6) is 0 Å². The van der Waals surface area contributed by atoms with E-state index in [2.05, 4.69) is 55.4 Å². The summed E-state index contributed by atoms with van der Waals surface area (Å²) in [6.45, 7) is 5.33. The third kappa shape index (κ3) is 4.10. The van der Waals surface area contributed by atoms with Crippen LogP contribution in [0.1, 0.15) is 0 Å². The Morgan fingerprint density at radius 3 is 2.52 bits per heavy atom. The lowest BCUT2D eigenvalue weighted by Gasteiger charge is -2.36. The van der Waals surface area contributed by atoms with Crippen LogP contribution in [0, 0.1) is 0 Å². The second-order valence-corrected chi connectivity index (χ2v) is 5.49. The Morgan fingerprint density at radius 1 is 1.04 bits per heavy atom. The second-order valence-electron chi connectivity index (χ2n) is 5.49. The molecule has 3 rings (SSSR count). The van der Waals surface area contributed by atoms with Crippen molar-refractivity contribution in [1.82, 2.24) is 9.97 Å². The van der Waals surface area contributed by atoms with Crippen molar-refractivity contribution in [2.24, 2.45) is 0 Å². The standard InChI is InChI=1S/C17H23N5O/c1-23-12-7-18-16-13-17(20-14-19-16)22-10-8-21(9-11-22)15-5-3-2-4-6-15/h2-6,13-14H,7-12H2,1H3,(H,18,19,20). The molecule has 23 heavy (non-hydrogen) atoms. The number of nitrogens with one attached hydrogen (secondary N) is 1. The fourth-order valence-corrected chi connectivity index (χ4v) is 2.73. The maximum absolute atomic E-state index is 5.04. The number of anilines is 3. The van der Waals surface area contributed by atoms with Gasteiger partial charge in [-0.3, -0.25) is 0 Å². The average molecular weight is 313 g/mol. The summed E-state index contributed by atoms with van der Waals surface area (Å²) < 4.78 is 5.04. The summed E-state index contributed by atoms with van der Waals surface area (Å²) in [4.78, 5) is 13.4.